The number of hydrogen-bond acceptors (Lipinski definition) is 4. The number of nitrogens with one attached hydrogen (secondary N) is 1. The minimum Gasteiger partial charge on any atom is -0.460 e. The number of aromatic nitrogens is 2. The number of para-hydroxylation sites is 2. The lowest BCUT2D eigenvalue weighted by molar-refractivity contribution is -0.112. The molecule has 2 aromatic heterocycles. The largest absolute Gasteiger partial charge is 0.460 e. The van der Waals surface area contributed by atoms with E-state index in [1.807, 2.05) is 43.3 Å². The highest BCUT2D eigenvalue weighted by atomic mass is 19.1. The molecule has 1 amide bonds. The second kappa shape index (κ2) is 8.51. The van der Waals surface area contributed by atoms with Crippen molar-refractivity contribution in [1.82, 2.24) is 9.78 Å². The van der Waals surface area contributed by atoms with Gasteiger partial charge < -0.3 is 9.73 Å². The Kier molecular flexibility index (Phi) is 5.45. The lowest BCUT2D eigenvalue weighted by Gasteiger charge is -2.05. The Balaban J connectivity index is 1.75. The van der Waals surface area contributed by atoms with Gasteiger partial charge in [-0.2, -0.15) is 10.4 Å². The van der Waals surface area contributed by atoms with Crippen molar-refractivity contribution >= 4 is 17.7 Å². The number of nitriles is 1. The van der Waals surface area contributed by atoms with Crippen LogP contribution in [-0.4, -0.2) is 15.7 Å². The van der Waals surface area contributed by atoms with Gasteiger partial charge in [0.25, 0.3) is 5.91 Å². The first kappa shape index (κ1) is 19.9. The predicted octanol–water partition coefficient (Wildman–Crippen LogP) is 5.13. The highest BCUT2D eigenvalue weighted by Crippen LogP contribution is 2.27. The lowest BCUT2D eigenvalue weighted by atomic mass is 10.1. The molecule has 0 aliphatic heterocycles. The Hall–Kier alpha value is -4.44. The number of halogens is 1. The number of rotatable bonds is 5. The van der Waals surface area contributed by atoms with Crippen molar-refractivity contribution in [3.63, 3.8) is 0 Å². The molecular weight excluding hydrogens is 395 g/mol. The summed E-state index contributed by atoms with van der Waals surface area (Å²) in [5.41, 5.74) is 1.60. The molecule has 0 radical (unpaired) electrons. The Bertz CT molecular complexity index is 1310. The normalized spacial score (nSPS) is 11.2. The molecule has 6 nitrogen and oxygen atoms in total. The maximum atomic E-state index is 13.9. The molecule has 7 heteroatoms. The third-order valence-corrected chi connectivity index (χ3v) is 4.52. The first-order valence-electron chi connectivity index (χ1n) is 9.45. The second-order valence-electron chi connectivity index (χ2n) is 6.73. The van der Waals surface area contributed by atoms with Crippen LogP contribution in [-0.2, 0) is 4.79 Å². The summed E-state index contributed by atoms with van der Waals surface area (Å²) in [6, 6.07) is 20.6. The van der Waals surface area contributed by atoms with Crippen LogP contribution in [0.15, 0.2) is 82.9 Å². The van der Waals surface area contributed by atoms with Crippen molar-refractivity contribution < 1.29 is 13.6 Å². The van der Waals surface area contributed by atoms with Crippen LogP contribution in [0.25, 0.3) is 23.2 Å². The third-order valence-electron chi connectivity index (χ3n) is 4.52. The summed E-state index contributed by atoms with van der Waals surface area (Å²) in [5, 5.41) is 16.6. The average molecular weight is 412 g/mol. The number of carbonyl (C=O) groups is 1. The minimum atomic E-state index is -0.721. The molecule has 4 rings (SSSR count). The summed E-state index contributed by atoms with van der Waals surface area (Å²) < 4.78 is 21.2. The van der Waals surface area contributed by atoms with E-state index in [1.165, 1.54) is 24.3 Å². The number of furan rings is 1. The van der Waals surface area contributed by atoms with Crippen molar-refractivity contribution in [1.29, 1.82) is 5.26 Å². The summed E-state index contributed by atoms with van der Waals surface area (Å²) >= 11 is 0. The number of amides is 1. The van der Waals surface area contributed by atoms with E-state index in [-0.39, 0.29) is 11.3 Å². The molecular formula is C24H17FN4O2. The van der Waals surface area contributed by atoms with Gasteiger partial charge in [0.1, 0.15) is 28.9 Å². The fraction of sp³-hybridized carbons (Fsp3) is 0.0417. The molecule has 0 spiro atoms. The Morgan fingerprint density at radius 3 is 2.55 bits per heavy atom. The third kappa shape index (κ3) is 4.28. The topological polar surface area (TPSA) is 83.8 Å². The summed E-state index contributed by atoms with van der Waals surface area (Å²) in [6.07, 6.45) is 3.12. The van der Waals surface area contributed by atoms with Crippen LogP contribution >= 0.6 is 0 Å². The Morgan fingerprint density at radius 1 is 1.13 bits per heavy atom. The number of nitrogens with zero attached hydrogens (tertiary/aromatic N) is 3. The highest BCUT2D eigenvalue weighted by molar-refractivity contribution is 6.10. The van der Waals surface area contributed by atoms with Crippen LogP contribution in [0, 0.1) is 24.1 Å². The number of anilines is 1. The van der Waals surface area contributed by atoms with E-state index in [2.05, 4.69) is 10.4 Å². The van der Waals surface area contributed by atoms with Gasteiger partial charge in [-0.1, -0.05) is 30.3 Å². The van der Waals surface area contributed by atoms with Crippen LogP contribution < -0.4 is 5.32 Å². The zero-order valence-electron chi connectivity index (χ0n) is 16.5. The van der Waals surface area contributed by atoms with Crippen molar-refractivity contribution in [2.45, 2.75) is 6.92 Å². The van der Waals surface area contributed by atoms with E-state index in [0.717, 1.165) is 5.69 Å². The lowest BCUT2D eigenvalue weighted by Crippen LogP contribution is -2.14. The van der Waals surface area contributed by atoms with Crippen molar-refractivity contribution in [2.75, 3.05) is 5.32 Å². The maximum absolute atomic E-state index is 13.9. The van der Waals surface area contributed by atoms with Gasteiger partial charge in [-0.05, 0) is 49.4 Å². The molecule has 0 fully saturated rings. The van der Waals surface area contributed by atoms with Gasteiger partial charge in [0.05, 0.1) is 11.4 Å². The van der Waals surface area contributed by atoms with E-state index in [1.54, 1.807) is 29.1 Å². The smallest absolute Gasteiger partial charge is 0.266 e. The average Bonchev–Trinajstić information content (AvgIpc) is 3.40. The molecule has 0 saturated carbocycles. The van der Waals surface area contributed by atoms with Crippen LogP contribution in [0.2, 0.25) is 0 Å². The van der Waals surface area contributed by atoms with Gasteiger partial charge in [0.2, 0.25) is 0 Å². The van der Waals surface area contributed by atoms with Crippen LogP contribution in [0.1, 0.15) is 11.3 Å². The van der Waals surface area contributed by atoms with E-state index >= 15 is 0 Å². The highest BCUT2D eigenvalue weighted by Gasteiger charge is 2.18. The molecule has 0 unspecified atom stereocenters. The molecule has 31 heavy (non-hydrogen) atoms. The molecule has 0 aliphatic rings. The van der Waals surface area contributed by atoms with Gasteiger partial charge in [-0.3, -0.25) is 4.79 Å². The Labute approximate surface area is 177 Å². The molecule has 2 aromatic carbocycles. The van der Waals surface area contributed by atoms with E-state index < -0.39 is 11.7 Å². The zero-order valence-corrected chi connectivity index (χ0v) is 16.5. The van der Waals surface area contributed by atoms with Gasteiger partial charge in [0, 0.05) is 11.8 Å². The van der Waals surface area contributed by atoms with Crippen molar-refractivity contribution in [3.8, 4) is 23.2 Å². The number of hydrogen-bond donors (Lipinski definition) is 1. The van der Waals surface area contributed by atoms with Gasteiger partial charge in [0.15, 0.2) is 5.76 Å². The molecule has 0 saturated heterocycles. The molecule has 2 heterocycles. The summed E-state index contributed by atoms with van der Waals surface area (Å²) in [4.78, 5) is 12.6. The minimum absolute atomic E-state index is 0.00415. The monoisotopic (exact) mass is 412 g/mol. The summed E-state index contributed by atoms with van der Waals surface area (Å²) in [7, 11) is 0. The molecule has 0 atom stereocenters. The second-order valence-corrected chi connectivity index (χ2v) is 6.73. The van der Waals surface area contributed by atoms with Crippen LogP contribution in [0.5, 0.6) is 0 Å². The SMILES string of the molecule is Cc1ccc(-c2nn(-c3ccccc3)cc2C=C(C#N)C(=O)Nc2ccccc2F)o1. The zero-order chi connectivity index (χ0) is 21.8. The van der Waals surface area contributed by atoms with Gasteiger partial charge in [-0.15, -0.1) is 0 Å². The first-order chi connectivity index (χ1) is 15.0. The van der Waals surface area contributed by atoms with Crippen LogP contribution in [0.4, 0.5) is 10.1 Å². The fourth-order valence-corrected chi connectivity index (χ4v) is 3.02. The van der Waals surface area contributed by atoms with Gasteiger partial charge in [-0.25, -0.2) is 9.07 Å². The quantitative estimate of drug-likeness (QED) is 0.364. The number of benzene rings is 2. The van der Waals surface area contributed by atoms with E-state index in [4.69, 9.17) is 4.42 Å². The number of carbonyl (C=O) groups excluding carboxylic acids is 1. The van der Waals surface area contributed by atoms with Crippen LogP contribution in [0.3, 0.4) is 0 Å². The van der Waals surface area contributed by atoms with Crippen molar-refractivity contribution in [2.24, 2.45) is 0 Å². The van der Waals surface area contributed by atoms with Gasteiger partial charge >= 0.3 is 0 Å². The first-order valence-corrected chi connectivity index (χ1v) is 9.45. The molecule has 0 aliphatic carbocycles. The van der Waals surface area contributed by atoms with E-state index in [0.29, 0.717) is 22.8 Å². The standard InChI is InChI=1S/C24H17FN4O2/c1-16-11-12-22(31-16)23-18(15-29(28-23)19-7-3-2-4-8-19)13-17(14-26)24(30)27-21-10-6-5-9-20(21)25/h2-13,15H,1H3,(H,27,30). The van der Waals surface area contributed by atoms with E-state index in [9.17, 15) is 14.4 Å². The summed E-state index contributed by atoms with van der Waals surface area (Å²) in [6.45, 7) is 1.82. The summed E-state index contributed by atoms with van der Waals surface area (Å²) in [5.74, 6) is -0.0966. The predicted molar refractivity (Wildman–Crippen MR) is 115 cm³/mol. The maximum Gasteiger partial charge on any atom is 0.266 e. The molecule has 0 bridgehead atoms. The fourth-order valence-electron chi connectivity index (χ4n) is 3.02. The molecule has 1 N–H and O–H groups in total. The molecule has 152 valence electrons. The van der Waals surface area contributed by atoms with Crippen molar-refractivity contribution in [3.05, 3.63) is 95.6 Å². The Morgan fingerprint density at radius 2 is 1.87 bits per heavy atom. The number of aryl methyl sites for hydroxylation is 1. The molecule has 4 aromatic rings.